The summed E-state index contributed by atoms with van der Waals surface area (Å²) in [6.07, 6.45) is 4.62. The number of carbonyl (C=O) groups is 1. The molecule has 0 aromatic rings. The Bertz CT molecular complexity index is 202. The molecule has 0 bridgehead atoms. The molecule has 1 saturated heterocycles. The van der Waals surface area contributed by atoms with Crippen molar-refractivity contribution in [2.75, 3.05) is 26.2 Å². The third kappa shape index (κ3) is 1.91. The monoisotopic (exact) mass is 197 g/mol. The predicted molar refractivity (Wildman–Crippen MR) is 54.8 cm³/mol. The number of nitrogens with zero attached hydrogens (tertiary/aromatic N) is 2. The van der Waals surface area contributed by atoms with Gasteiger partial charge in [0.1, 0.15) is 0 Å². The van der Waals surface area contributed by atoms with Crippen LogP contribution in [-0.2, 0) is 4.79 Å². The van der Waals surface area contributed by atoms with Crippen LogP contribution in [-0.4, -0.2) is 54.5 Å². The lowest BCUT2D eigenvalue weighted by Crippen LogP contribution is -2.53. The fraction of sp³-hybridized carbons (Fsp3) is 0.900. The van der Waals surface area contributed by atoms with Crippen molar-refractivity contribution < 1.29 is 4.79 Å². The van der Waals surface area contributed by atoms with Gasteiger partial charge in [-0.25, -0.2) is 0 Å². The molecule has 0 radical (unpaired) electrons. The average molecular weight is 197 g/mol. The molecule has 0 spiro atoms. The minimum Gasteiger partial charge on any atom is -0.343 e. The highest BCUT2D eigenvalue weighted by Crippen LogP contribution is 2.23. The molecule has 1 aliphatic carbocycles. The van der Waals surface area contributed by atoms with Crippen LogP contribution < -0.4 is 5.73 Å². The summed E-state index contributed by atoms with van der Waals surface area (Å²) < 4.78 is 0. The number of amides is 1. The molecule has 14 heavy (non-hydrogen) atoms. The van der Waals surface area contributed by atoms with Crippen LogP contribution in [0, 0.1) is 0 Å². The Kier molecular flexibility index (Phi) is 3.03. The number of hydrogen-bond donors (Lipinski definition) is 1. The second-order valence-corrected chi connectivity index (χ2v) is 4.34. The number of rotatable bonds is 2. The second-order valence-electron chi connectivity index (χ2n) is 4.34. The minimum atomic E-state index is 0.359. The summed E-state index contributed by atoms with van der Waals surface area (Å²) in [6.45, 7) is 3.73. The van der Waals surface area contributed by atoms with Crippen molar-refractivity contribution in [2.24, 2.45) is 5.73 Å². The summed E-state index contributed by atoms with van der Waals surface area (Å²) in [6, 6.07) is 0.932. The second kappa shape index (κ2) is 4.28. The van der Waals surface area contributed by atoms with Crippen molar-refractivity contribution in [2.45, 2.75) is 31.3 Å². The van der Waals surface area contributed by atoms with Crippen LogP contribution in [0.5, 0.6) is 0 Å². The Morgan fingerprint density at radius 3 is 2.36 bits per heavy atom. The van der Waals surface area contributed by atoms with Crippen LogP contribution in [0.15, 0.2) is 0 Å². The molecule has 2 unspecified atom stereocenters. The molecule has 2 N–H and O–H groups in total. The molecule has 0 aromatic heterocycles. The molecule has 2 rings (SSSR count). The maximum Gasteiger partial charge on any atom is 0.209 e. The van der Waals surface area contributed by atoms with Gasteiger partial charge in [0.05, 0.1) is 0 Å². The Hall–Kier alpha value is -0.610. The van der Waals surface area contributed by atoms with E-state index in [0.717, 1.165) is 32.6 Å². The van der Waals surface area contributed by atoms with Gasteiger partial charge < -0.3 is 10.6 Å². The SMILES string of the molecule is NC1CCCC1N1CCN(C=O)CC1. The van der Waals surface area contributed by atoms with Crippen LogP contribution in [0.1, 0.15) is 19.3 Å². The van der Waals surface area contributed by atoms with E-state index >= 15 is 0 Å². The topological polar surface area (TPSA) is 49.6 Å². The lowest BCUT2D eigenvalue weighted by Gasteiger charge is -2.38. The lowest BCUT2D eigenvalue weighted by atomic mass is 10.1. The van der Waals surface area contributed by atoms with Gasteiger partial charge in [-0.2, -0.15) is 0 Å². The van der Waals surface area contributed by atoms with Gasteiger partial charge >= 0.3 is 0 Å². The Balaban J connectivity index is 1.85. The van der Waals surface area contributed by atoms with Crippen LogP contribution >= 0.6 is 0 Å². The first-order valence-electron chi connectivity index (χ1n) is 5.50. The zero-order valence-corrected chi connectivity index (χ0v) is 8.56. The number of carbonyl (C=O) groups excluding carboxylic acids is 1. The summed E-state index contributed by atoms with van der Waals surface area (Å²) in [5.41, 5.74) is 6.05. The average Bonchev–Trinajstić information content (AvgIpc) is 2.65. The van der Waals surface area contributed by atoms with Crippen LogP contribution in [0.25, 0.3) is 0 Å². The zero-order valence-electron chi connectivity index (χ0n) is 8.56. The maximum absolute atomic E-state index is 10.5. The van der Waals surface area contributed by atoms with E-state index in [1.807, 2.05) is 4.90 Å². The highest BCUT2D eigenvalue weighted by molar-refractivity contribution is 5.47. The smallest absolute Gasteiger partial charge is 0.209 e. The molecule has 80 valence electrons. The zero-order chi connectivity index (χ0) is 9.97. The van der Waals surface area contributed by atoms with Crippen LogP contribution in [0.2, 0.25) is 0 Å². The summed E-state index contributed by atoms with van der Waals surface area (Å²) in [5, 5.41) is 0. The largest absolute Gasteiger partial charge is 0.343 e. The predicted octanol–water partition coefficient (Wildman–Crippen LogP) is -0.360. The molecule has 4 heteroatoms. The van der Waals surface area contributed by atoms with Gasteiger partial charge in [0.25, 0.3) is 0 Å². The van der Waals surface area contributed by atoms with E-state index in [9.17, 15) is 4.79 Å². The van der Waals surface area contributed by atoms with E-state index in [4.69, 9.17) is 5.73 Å². The van der Waals surface area contributed by atoms with Crippen molar-refractivity contribution in [3.63, 3.8) is 0 Å². The molecule has 0 aromatic carbocycles. The maximum atomic E-state index is 10.5. The molecule has 1 aliphatic heterocycles. The third-order valence-corrected chi connectivity index (χ3v) is 3.50. The highest BCUT2D eigenvalue weighted by Gasteiger charge is 2.31. The quantitative estimate of drug-likeness (QED) is 0.615. The number of piperazine rings is 1. The Morgan fingerprint density at radius 1 is 1.14 bits per heavy atom. The van der Waals surface area contributed by atoms with Crippen LogP contribution in [0.4, 0.5) is 0 Å². The van der Waals surface area contributed by atoms with E-state index in [2.05, 4.69) is 4.90 Å². The normalized spacial score (nSPS) is 34.8. The summed E-state index contributed by atoms with van der Waals surface area (Å²) >= 11 is 0. The standard InChI is InChI=1S/C10H19N3O/c11-9-2-1-3-10(9)13-6-4-12(8-14)5-7-13/h8-10H,1-7,11H2. The van der Waals surface area contributed by atoms with E-state index in [1.54, 1.807) is 0 Å². The van der Waals surface area contributed by atoms with Crippen molar-refractivity contribution in [1.82, 2.24) is 9.80 Å². The van der Waals surface area contributed by atoms with Gasteiger partial charge in [-0.3, -0.25) is 9.69 Å². The van der Waals surface area contributed by atoms with E-state index in [0.29, 0.717) is 12.1 Å². The molecule has 2 aliphatic rings. The summed E-state index contributed by atoms with van der Waals surface area (Å²) in [4.78, 5) is 14.8. The Morgan fingerprint density at radius 2 is 1.86 bits per heavy atom. The minimum absolute atomic E-state index is 0.359. The summed E-state index contributed by atoms with van der Waals surface area (Å²) in [7, 11) is 0. The molecule has 1 saturated carbocycles. The van der Waals surface area contributed by atoms with Gasteiger partial charge in [0, 0.05) is 38.3 Å². The lowest BCUT2D eigenvalue weighted by molar-refractivity contribution is -0.120. The van der Waals surface area contributed by atoms with Gasteiger partial charge in [-0.15, -0.1) is 0 Å². The highest BCUT2D eigenvalue weighted by atomic mass is 16.1. The van der Waals surface area contributed by atoms with Crippen molar-refractivity contribution in [3.8, 4) is 0 Å². The number of hydrogen-bond acceptors (Lipinski definition) is 3. The first kappa shape index (κ1) is 9.93. The molecule has 2 fully saturated rings. The molecule has 1 amide bonds. The molecular formula is C10H19N3O. The van der Waals surface area contributed by atoms with Gasteiger partial charge in [-0.1, -0.05) is 6.42 Å². The number of nitrogens with two attached hydrogens (primary N) is 1. The van der Waals surface area contributed by atoms with E-state index in [-0.39, 0.29) is 0 Å². The fourth-order valence-electron chi connectivity index (χ4n) is 2.60. The van der Waals surface area contributed by atoms with Crippen molar-refractivity contribution >= 4 is 6.41 Å². The van der Waals surface area contributed by atoms with Gasteiger partial charge in [0.15, 0.2) is 0 Å². The van der Waals surface area contributed by atoms with E-state index in [1.165, 1.54) is 19.3 Å². The van der Waals surface area contributed by atoms with Crippen LogP contribution in [0.3, 0.4) is 0 Å². The van der Waals surface area contributed by atoms with Crippen molar-refractivity contribution in [3.05, 3.63) is 0 Å². The van der Waals surface area contributed by atoms with Gasteiger partial charge in [-0.05, 0) is 12.8 Å². The molecule has 2 atom stereocenters. The van der Waals surface area contributed by atoms with Crippen molar-refractivity contribution in [1.29, 1.82) is 0 Å². The van der Waals surface area contributed by atoms with Gasteiger partial charge in [0.2, 0.25) is 6.41 Å². The first-order valence-corrected chi connectivity index (χ1v) is 5.50. The fourth-order valence-corrected chi connectivity index (χ4v) is 2.60. The molecule has 1 heterocycles. The summed E-state index contributed by atoms with van der Waals surface area (Å²) in [5.74, 6) is 0. The molecule has 4 nitrogen and oxygen atoms in total. The molecular weight excluding hydrogens is 178 g/mol. The first-order chi connectivity index (χ1) is 6.81. The van der Waals surface area contributed by atoms with E-state index < -0.39 is 0 Å². The third-order valence-electron chi connectivity index (χ3n) is 3.50. The Labute approximate surface area is 85.0 Å².